The van der Waals surface area contributed by atoms with Crippen LogP contribution in [0.4, 0.5) is 5.13 Å². The van der Waals surface area contributed by atoms with Gasteiger partial charge in [0.25, 0.3) is 5.56 Å². The molecule has 0 aliphatic heterocycles. The van der Waals surface area contributed by atoms with Gasteiger partial charge in [0, 0.05) is 19.4 Å². The molecule has 0 atom stereocenters. The fourth-order valence-electron chi connectivity index (χ4n) is 3.09. The van der Waals surface area contributed by atoms with Crippen molar-refractivity contribution in [2.75, 3.05) is 5.32 Å². The first-order chi connectivity index (χ1) is 16.4. The summed E-state index contributed by atoms with van der Waals surface area (Å²) >= 11 is 1.31. The van der Waals surface area contributed by atoms with E-state index < -0.39 is 11.2 Å². The summed E-state index contributed by atoms with van der Waals surface area (Å²) < 4.78 is 7.41. The summed E-state index contributed by atoms with van der Waals surface area (Å²) in [6.07, 6.45) is 0.958. The van der Waals surface area contributed by atoms with Crippen molar-refractivity contribution < 1.29 is 9.32 Å². The number of benzene rings is 1. The van der Waals surface area contributed by atoms with E-state index in [0.29, 0.717) is 10.8 Å². The Morgan fingerprint density at radius 1 is 1.15 bits per heavy atom. The molecular formula is C21H22N8O4S. The van der Waals surface area contributed by atoms with Crippen molar-refractivity contribution >= 4 is 22.4 Å². The molecule has 1 aromatic carbocycles. The van der Waals surface area contributed by atoms with Gasteiger partial charge in [-0.15, -0.1) is 10.2 Å². The third-order valence-electron chi connectivity index (χ3n) is 4.92. The Balaban J connectivity index is 1.55. The van der Waals surface area contributed by atoms with Crippen molar-refractivity contribution in [1.82, 2.24) is 34.7 Å². The van der Waals surface area contributed by atoms with Crippen LogP contribution in [-0.4, -0.2) is 40.6 Å². The molecule has 0 spiro atoms. The Morgan fingerprint density at radius 3 is 2.59 bits per heavy atom. The second kappa shape index (κ2) is 9.87. The number of nitrogens with zero attached hydrogens (tertiary/aromatic N) is 7. The molecule has 1 amide bonds. The normalized spacial score (nSPS) is 11.0. The van der Waals surface area contributed by atoms with Crippen molar-refractivity contribution in [3.63, 3.8) is 0 Å². The van der Waals surface area contributed by atoms with E-state index in [4.69, 9.17) is 4.52 Å². The monoisotopic (exact) mass is 482 g/mol. The predicted octanol–water partition coefficient (Wildman–Crippen LogP) is 1.76. The molecule has 13 heteroatoms. The molecule has 12 nitrogen and oxygen atoms in total. The van der Waals surface area contributed by atoms with E-state index in [-0.39, 0.29) is 42.7 Å². The van der Waals surface area contributed by atoms with Crippen LogP contribution in [0.3, 0.4) is 0 Å². The molecule has 0 aliphatic rings. The van der Waals surface area contributed by atoms with Crippen molar-refractivity contribution in [1.29, 1.82) is 0 Å². The number of nitrogens with one attached hydrogen (secondary N) is 1. The Labute approximate surface area is 197 Å². The molecule has 3 aromatic heterocycles. The number of anilines is 1. The minimum Gasteiger partial charge on any atom is -0.339 e. The third kappa shape index (κ3) is 4.83. The van der Waals surface area contributed by atoms with E-state index in [1.165, 1.54) is 11.3 Å². The lowest BCUT2D eigenvalue weighted by atomic mass is 10.2. The van der Waals surface area contributed by atoms with E-state index in [2.05, 4.69) is 30.8 Å². The summed E-state index contributed by atoms with van der Waals surface area (Å²) in [5.41, 5.74) is 0.210. The van der Waals surface area contributed by atoms with Gasteiger partial charge in [0.1, 0.15) is 5.01 Å². The fraction of sp³-hybridized carbons (Fsp3) is 0.333. The zero-order valence-electron chi connectivity index (χ0n) is 18.8. The highest BCUT2D eigenvalue weighted by atomic mass is 32.1. The molecule has 0 saturated carbocycles. The predicted molar refractivity (Wildman–Crippen MR) is 124 cm³/mol. The van der Waals surface area contributed by atoms with Gasteiger partial charge < -0.3 is 9.84 Å². The van der Waals surface area contributed by atoms with Crippen LogP contribution < -0.4 is 16.6 Å². The Bertz CT molecular complexity index is 1430. The van der Waals surface area contributed by atoms with Crippen LogP contribution in [0.5, 0.6) is 0 Å². The second-order valence-corrected chi connectivity index (χ2v) is 8.40. The summed E-state index contributed by atoms with van der Waals surface area (Å²) in [5.74, 6) is -0.174. The minimum atomic E-state index is -0.621. The van der Waals surface area contributed by atoms with Crippen molar-refractivity contribution in [3.8, 4) is 17.2 Å². The third-order valence-corrected chi connectivity index (χ3v) is 5.90. The van der Waals surface area contributed by atoms with E-state index in [0.717, 1.165) is 26.2 Å². The maximum atomic E-state index is 12.9. The first kappa shape index (κ1) is 23.2. The van der Waals surface area contributed by atoms with Crippen LogP contribution in [0.2, 0.25) is 0 Å². The molecule has 34 heavy (non-hydrogen) atoms. The molecule has 0 bridgehead atoms. The van der Waals surface area contributed by atoms with E-state index in [1.807, 2.05) is 26.0 Å². The largest absolute Gasteiger partial charge is 0.352 e. The number of aromatic nitrogens is 7. The SMILES string of the molecule is CCc1nnc(NC(=O)CCc2nc(-c3nn(-c4ccc(C)cc4)c(=O)n(CC)c3=O)no2)s1. The van der Waals surface area contributed by atoms with E-state index in [9.17, 15) is 14.4 Å². The molecule has 0 saturated heterocycles. The summed E-state index contributed by atoms with van der Waals surface area (Å²) in [5, 5.41) is 19.9. The summed E-state index contributed by atoms with van der Waals surface area (Å²) in [7, 11) is 0. The molecule has 176 valence electrons. The van der Waals surface area contributed by atoms with Gasteiger partial charge in [-0.05, 0) is 32.4 Å². The van der Waals surface area contributed by atoms with E-state index >= 15 is 0 Å². The fourth-order valence-corrected chi connectivity index (χ4v) is 3.79. The molecule has 0 aliphatic carbocycles. The number of carbonyl (C=O) groups is 1. The summed E-state index contributed by atoms with van der Waals surface area (Å²) in [4.78, 5) is 42.1. The molecule has 4 rings (SSSR count). The first-order valence-corrected chi connectivity index (χ1v) is 11.5. The highest BCUT2D eigenvalue weighted by molar-refractivity contribution is 7.15. The molecule has 0 radical (unpaired) electrons. The van der Waals surface area contributed by atoms with Crippen molar-refractivity contribution in [2.45, 2.75) is 46.6 Å². The smallest absolute Gasteiger partial charge is 0.339 e. The lowest BCUT2D eigenvalue weighted by molar-refractivity contribution is -0.116. The van der Waals surface area contributed by atoms with Gasteiger partial charge >= 0.3 is 5.69 Å². The second-order valence-electron chi connectivity index (χ2n) is 7.34. The van der Waals surface area contributed by atoms with Crippen LogP contribution in [0.25, 0.3) is 17.2 Å². The van der Waals surface area contributed by atoms with Crippen LogP contribution in [-0.2, 0) is 24.2 Å². The quantitative estimate of drug-likeness (QED) is 0.396. The number of amides is 1. The highest BCUT2D eigenvalue weighted by Gasteiger charge is 2.20. The number of carbonyl (C=O) groups excluding carboxylic acids is 1. The van der Waals surface area contributed by atoms with Crippen LogP contribution in [0.1, 0.15) is 36.7 Å². The van der Waals surface area contributed by atoms with Crippen molar-refractivity contribution in [2.24, 2.45) is 0 Å². The van der Waals surface area contributed by atoms with Gasteiger partial charge in [0.15, 0.2) is 5.69 Å². The first-order valence-electron chi connectivity index (χ1n) is 10.7. The van der Waals surface area contributed by atoms with Gasteiger partial charge in [-0.3, -0.25) is 14.2 Å². The molecule has 3 heterocycles. The molecule has 0 unspecified atom stereocenters. The van der Waals surface area contributed by atoms with Crippen LogP contribution in [0, 0.1) is 6.92 Å². The van der Waals surface area contributed by atoms with Gasteiger partial charge in [-0.1, -0.05) is 41.1 Å². The zero-order chi connectivity index (χ0) is 24.2. The Kier molecular flexibility index (Phi) is 6.72. The van der Waals surface area contributed by atoms with Gasteiger partial charge in [-0.25, -0.2) is 4.79 Å². The molecule has 1 N–H and O–H groups in total. The topological polar surface area (TPSA) is 151 Å². The van der Waals surface area contributed by atoms with Gasteiger partial charge in [-0.2, -0.15) is 14.8 Å². The standard InChI is InChI=1S/C21H22N8O4S/c1-4-16-24-25-20(34-16)22-14(30)10-11-15-23-18(27-33-15)17-19(31)28(5-2)21(32)29(26-17)13-8-6-12(3)7-9-13/h6-9H,4-5,10-11H2,1-3H3,(H,22,25,30). The van der Waals surface area contributed by atoms with Gasteiger partial charge in [0.05, 0.1) is 5.69 Å². The maximum Gasteiger partial charge on any atom is 0.352 e. The van der Waals surface area contributed by atoms with E-state index in [1.54, 1.807) is 19.1 Å². The van der Waals surface area contributed by atoms with Crippen LogP contribution in [0.15, 0.2) is 38.4 Å². The lowest BCUT2D eigenvalue weighted by Crippen LogP contribution is -2.41. The maximum absolute atomic E-state index is 12.9. The number of hydrogen-bond acceptors (Lipinski definition) is 10. The Hall–Kier alpha value is -4.00. The minimum absolute atomic E-state index is 0.0554. The Morgan fingerprint density at radius 2 is 1.91 bits per heavy atom. The average molecular weight is 483 g/mol. The molecule has 4 aromatic rings. The average Bonchev–Trinajstić information content (AvgIpc) is 3.48. The highest BCUT2D eigenvalue weighted by Crippen LogP contribution is 2.16. The zero-order valence-corrected chi connectivity index (χ0v) is 19.6. The number of aryl methyl sites for hydroxylation is 3. The molecule has 0 fully saturated rings. The summed E-state index contributed by atoms with van der Waals surface area (Å²) in [6, 6.07) is 7.15. The summed E-state index contributed by atoms with van der Waals surface area (Å²) in [6.45, 7) is 5.72. The van der Waals surface area contributed by atoms with Gasteiger partial charge in [0.2, 0.25) is 22.8 Å². The van der Waals surface area contributed by atoms with Crippen molar-refractivity contribution in [3.05, 3.63) is 61.6 Å². The number of rotatable bonds is 8. The number of hydrogen-bond donors (Lipinski definition) is 1. The molecular weight excluding hydrogens is 460 g/mol. The van der Waals surface area contributed by atoms with Crippen LogP contribution >= 0.6 is 11.3 Å². The lowest BCUT2D eigenvalue weighted by Gasteiger charge is -2.09.